The average Bonchev–Trinajstić information content (AvgIpc) is 2.90. The van der Waals surface area contributed by atoms with Gasteiger partial charge in [0.2, 0.25) is 11.8 Å². The van der Waals surface area contributed by atoms with E-state index in [1.165, 1.54) is 19.1 Å². The summed E-state index contributed by atoms with van der Waals surface area (Å²) in [4.78, 5) is 24.0. The van der Waals surface area contributed by atoms with Gasteiger partial charge in [0.1, 0.15) is 17.1 Å². The summed E-state index contributed by atoms with van der Waals surface area (Å²) in [6, 6.07) is 10.2. The summed E-state index contributed by atoms with van der Waals surface area (Å²) in [5.74, 6) is 0.128. The fourth-order valence-corrected chi connectivity index (χ4v) is 2.25. The fourth-order valence-electron chi connectivity index (χ4n) is 2.06. The molecule has 6 heteroatoms. The van der Waals surface area contributed by atoms with E-state index in [-0.39, 0.29) is 0 Å². The molecular weight excluding hydrogens is 316 g/mol. The van der Waals surface area contributed by atoms with Crippen LogP contribution in [0, 0.1) is 6.92 Å². The van der Waals surface area contributed by atoms with Crippen LogP contribution in [0.5, 0.6) is 0 Å². The zero-order chi connectivity index (χ0) is 17.0. The van der Waals surface area contributed by atoms with E-state index < -0.39 is 17.4 Å². The van der Waals surface area contributed by atoms with Crippen molar-refractivity contribution in [1.29, 1.82) is 0 Å². The van der Waals surface area contributed by atoms with Crippen LogP contribution in [0.3, 0.4) is 0 Å². The molecule has 0 spiro atoms. The normalized spacial score (nSPS) is 13.7. The molecule has 0 radical (unpaired) electrons. The lowest BCUT2D eigenvalue weighted by molar-refractivity contribution is -0.129. The van der Waals surface area contributed by atoms with Gasteiger partial charge in [0, 0.05) is 11.1 Å². The molecule has 0 fully saturated rings. The summed E-state index contributed by atoms with van der Waals surface area (Å²) >= 11 is 5.94. The van der Waals surface area contributed by atoms with Gasteiger partial charge in [0.25, 0.3) is 0 Å². The van der Waals surface area contributed by atoms with Gasteiger partial charge in [-0.1, -0.05) is 23.7 Å². The molecule has 0 saturated heterocycles. The van der Waals surface area contributed by atoms with Crippen molar-refractivity contribution in [2.24, 2.45) is 5.73 Å². The Kier molecular flexibility index (Phi) is 4.91. The second kappa shape index (κ2) is 6.71. The highest BCUT2D eigenvalue weighted by Gasteiger charge is 2.34. The smallest absolute Gasteiger partial charge is 0.247 e. The minimum atomic E-state index is -1.37. The number of carbonyl (C=O) groups excluding carboxylic acids is 2. The van der Waals surface area contributed by atoms with Crippen LogP contribution in [-0.4, -0.2) is 11.8 Å². The van der Waals surface area contributed by atoms with Crippen molar-refractivity contribution in [3.8, 4) is 0 Å². The van der Waals surface area contributed by atoms with E-state index in [0.29, 0.717) is 16.3 Å². The van der Waals surface area contributed by atoms with E-state index in [0.717, 1.165) is 5.76 Å². The number of furan rings is 1. The molecule has 2 aromatic rings. The maximum absolute atomic E-state index is 12.1. The lowest BCUT2D eigenvalue weighted by Gasteiger charge is -2.27. The molecule has 1 aromatic heterocycles. The maximum atomic E-state index is 12.1. The third-order valence-electron chi connectivity index (χ3n) is 3.43. The van der Waals surface area contributed by atoms with Gasteiger partial charge in [-0.15, -0.1) is 0 Å². The highest BCUT2D eigenvalue weighted by molar-refractivity contribution is 6.30. The first-order valence-electron chi connectivity index (χ1n) is 6.94. The molecule has 0 aliphatic carbocycles. The molecule has 0 saturated carbocycles. The van der Waals surface area contributed by atoms with Crippen molar-refractivity contribution in [1.82, 2.24) is 5.32 Å². The summed E-state index contributed by atoms with van der Waals surface area (Å²) in [6.45, 7) is 3.34. The summed E-state index contributed by atoms with van der Waals surface area (Å²) < 4.78 is 5.34. The van der Waals surface area contributed by atoms with Crippen LogP contribution in [-0.2, 0) is 15.1 Å². The van der Waals surface area contributed by atoms with Crippen molar-refractivity contribution in [2.45, 2.75) is 19.4 Å². The largest absolute Gasteiger partial charge is 0.462 e. The van der Waals surface area contributed by atoms with E-state index >= 15 is 0 Å². The standard InChI is InChI=1S/C17H17ClN2O3/c1-11-6-7-14(23-11)8-9-15(21)20-17(2,16(19)22)12-4-3-5-13(18)10-12/h3-10H,1-2H3,(H2,19,22)(H,20,21)/b9-8+. The Labute approximate surface area is 139 Å². The van der Waals surface area contributed by atoms with E-state index in [2.05, 4.69) is 5.32 Å². The first kappa shape index (κ1) is 16.8. The molecule has 3 N–H and O–H groups in total. The van der Waals surface area contributed by atoms with Crippen LogP contribution < -0.4 is 11.1 Å². The molecule has 1 unspecified atom stereocenters. The summed E-state index contributed by atoms with van der Waals surface area (Å²) in [5, 5.41) is 3.06. The quantitative estimate of drug-likeness (QED) is 0.825. The van der Waals surface area contributed by atoms with E-state index in [1.807, 2.05) is 0 Å². The molecule has 0 bridgehead atoms. The monoisotopic (exact) mass is 332 g/mol. The molecule has 120 valence electrons. The number of hydrogen-bond donors (Lipinski definition) is 2. The number of rotatable bonds is 5. The number of carbonyl (C=O) groups is 2. The van der Waals surface area contributed by atoms with Gasteiger partial charge in [-0.2, -0.15) is 0 Å². The highest BCUT2D eigenvalue weighted by Crippen LogP contribution is 2.23. The first-order chi connectivity index (χ1) is 10.8. The van der Waals surface area contributed by atoms with Crippen molar-refractivity contribution in [3.63, 3.8) is 0 Å². The van der Waals surface area contributed by atoms with Gasteiger partial charge in [0.05, 0.1) is 0 Å². The van der Waals surface area contributed by atoms with Crippen molar-refractivity contribution < 1.29 is 14.0 Å². The molecule has 1 heterocycles. The van der Waals surface area contributed by atoms with Crippen LogP contribution in [0.25, 0.3) is 6.08 Å². The zero-order valence-electron chi connectivity index (χ0n) is 12.8. The number of primary amides is 1. The van der Waals surface area contributed by atoms with Gasteiger partial charge < -0.3 is 15.5 Å². The van der Waals surface area contributed by atoms with E-state index in [9.17, 15) is 9.59 Å². The van der Waals surface area contributed by atoms with Crippen LogP contribution in [0.15, 0.2) is 46.9 Å². The molecule has 0 aliphatic heterocycles. The van der Waals surface area contributed by atoms with Gasteiger partial charge >= 0.3 is 0 Å². The number of nitrogens with one attached hydrogen (secondary N) is 1. The molecule has 23 heavy (non-hydrogen) atoms. The molecule has 1 aromatic carbocycles. The lowest BCUT2D eigenvalue weighted by atomic mass is 9.91. The van der Waals surface area contributed by atoms with E-state index in [4.69, 9.17) is 21.8 Å². The van der Waals surface area contributed by atoms with Crippen LogP contribution in [0.2, 0.25) is 5.02 Å². The van der Waals surface area contributed by atoms with Crippen LogP contribution in [0.1, 0.15) is 24.0 Å². The topological polar surface area (TPSA) is 85.3 Å². The minimum absolute atomic E-state index is 0.450. The molecule has 2 amide bonds. The molecule has 5 nitrogen and oxygen atoms in total. The van der Waals surface area contributed by atoms with Gasteiger partial charge in [-0.05, 0) is 49.8 Å². The number of amides is 2. The zero-order valence-corrected chi connectivity index (χ0v) is 13.6. The van der Waals surface area contributed by atoms with Gasteiger partial charge in [-0.25, -0.2) is 0 Å². The Morgan fingerprint density at radius 1 is 1.30 bits per heavy atom. The Balaban J connectivity index is 2.20. The molecule has 2 rings (SSSR count). The Bertz CT molecular complexity index is 767. The Morgan fingerprint density at radius 3 is 2.61 bits per heavy atom. The number of aryl methyl sites for hydroxylation is 1. The van der Waals surface area contributed by atoms with Crippen molar-refractivity contribution >= 4 is 29.5 Å². The fraction of sp³-hybridized carbons (Fsp3) is 0.176. The average molecular weight is 333 g/mol. The number of hydrogen-bond acceptors (Lipinski definition) is 3. The molecular formula is C17H17ClN2O3. The minimum Gasteiger partial charge on any atom is -0.462 e. The van der Waals surface area contributed by atoms with Gasteiger partial charge in [-0.3, -0.25) is 9.59 Å². The Morgan fingerprint density at radius 2 is 2.04 bits per heavy atom. The highest BCUT2D eigenvalue weighted by atomic mass is 35.5. The summed E-state index contributed by atoms with van der Waals surface area (Å²) in [6.07, 6.45) is 2.80. The van der Waals surface area contributed by atoms with Crippen molar-refractivity contribution in [3.05, 3.63) is 64.6 Å². The third kappa shape index (κ3) is 4.02. The second-order valence-corrected chi connectivity index (χ2v) is 5.71. The van der Waals surface area contributed by atoms with E-state index in [1.54, 1.807) is 43.3 Å². The molecule has 0 aliphatic rings. The SMILES string of the molecule is Cc1ccc(/C=C/C(=O)NC(C)(C(N)=O)c2cccc(Cl)c2)o1. The number of halogens is 1. The second-order valence-electron chi connectivity index (χ2n) is 5.27. The van der Waals surface area contributed by atoms with Gasteiger partial charge in [0.15, 0.2) is 0 Å². The maximum Gasteiger partial charge on any atom is 0.247 e. The van der Waals surface area contributed by atoms with Crippen LogP contribution >= 0.6 is 11.6 Å². The third-order valence-corrected chi connectivity index (χ3v) is 3.66. The number of nitrogens with two attached hydrogens (primary N) is 1. The number of benzene rings is 1. The predicted molar refractivity (Wildman–Crippen MR) is 88.6 cm³/mol. The summed E-state index contributed by atoms with van der Waals surface area (Å²) in [5.41, 5.74) is 4.61. The van der Waals surface area contributed by atoms with Crippen molar-refractivity contribution in [2.75, 3.05) is 0 Å². The predicted octanol–water partition coefficient (Wildman–Crippen LogP) is 2.77. The lowest BCUT2D eigenvalue weighted by Crippen LogP contribution is -2.52. The first-order valence-corrected chi connectivity index (χ1v) is 7.31. The summed E-state index contributed by atoms with van der Waals surface area (Å²) in [7, 11) is 0. The Hall–Kier alpha value is -2.53. The molecule has 1 atom stereocenters. The van der Waals surface area contributed by atoms with Crippen LogP contribution in [0.4, 0.5) is 0 Å².